The summed E-state index contributed by atoms with van der Waals surface area (Å²) in [5.74, 6) is 5.94. The lowest BCUT2D eigenvalue weighted by atomic mass is 9.91. The summed E-state index contributed by atoms with van der Waals surface area (Å²) in [7, 11) is 0. The molecule has 4 nitrogen and oxygen atoms in total. The monoisotopic (exact) mass is 227 g/mol. The van der Waals surface area contributed by atoms with Gasteiger partial charge in [0.1, 0.15) is 0 Å². The smallest absolute Gasteiger partial charge is 0.240 e. The van der Waals surface area contributed by atoms with Crippen molar-refractivity contribution in [3.05, 3.63) is 0 Å². The van der Waals surface area contributed by atoms with Crippen molar-refractivity contribution in [3.8, 4) is 0 Å². The van der Waals surface area contributed by atoms with Crippen molar-refractivity contribution >= 4 is 5.91 Å². The molecule has 0 aromatic heterocycles. The van der Waals surface area contributed by atoms with Gasteiger partial charge in [-0.2, -0.15) is 0 Å². The molecule has 1 saturated heterocycles. The summed E-state index contributed by atoms with van der Waals surface area (Å²) in [6.07, 6.45) is 3.78. The highest BCUT2D eigenvalue weighted by Crippen LogP contribution is 2.21. The Hall–Kier alpha value is -0.610. The maximum atomic E-state index is 11.6. The van der Waals surface area contributed by atoms with Gasteiger partial charge in [-0.05, 0) is 52.1 Å². The second-order valence-corrected chi connectivity index (χ2v) is 5.67. The van der Waals surface area contributed by atoms with E-state index in [1.807, 2.05) is 13.8 Å². The van der Waals surface area contributed by atoms with Crippen LogP contribution in [0.4, 0.5) is 0 Å². The van der Waals surface area contributed by atoms with Gasteiger partial charge in [0.25, 0.3) is 0 Å². The number of likely N-dealkylation sites (tertiary alicyclic amines) is 1. The molecule has 0 spiro atoms. The minimum atomic E-state index is -0.400. The Labute approximate surface area is 98.5 Å². The number of nitrogens with two attached hydrogens (primary N) is 1. The number of nitrogens with zero attached hydrogens (tertiary/aromatic N) is 1. The van der Waals surface area contributed by atoms with Crippen LogP contribution in [-0.2, 0) is 4.79 Å². The van der Waals surface area contributed by atoms with Crippen LogP contribution in [0.15, 0.2) is 0 Å². The maximum Gasteiger partial charge on any atom is 0.240 e. The third-order valence-electron chi connectivity index (χ3n) is 3.47. The van der Waals surface area contributed by atoms with Gasteiger partial charge in [-0.25, -0.2) is 5.84 Å². The van der Waals surface area contributed by atoms with E-state index in [4.69, 9.17) is 5.84 Å². The first-order valence-electron chi connectivity index (χ1n) is 6.19. The molecule has 1 atom stereocenters. The minimum Gasteiger partial charge on any atom is -0.302 e. The molecule has 1 heterocycles. The molecule has 4 heteroatoms. The van der Waals surface area contributed by atoms with Gasteiger partial charge in [-0.15, -0.1) is 0 Å². The molecule has 0 radical (unpaired) electrons. The highest BCUT2D eigenvalue weighted by Gasteiger charge is 2.30. The van der Waals surface area contributed by atoms with Crippen molar-refractivity contribution in [2.24, 2.45) is 17.2 Å². The molecular formula is C12H25N3O. The third kappa shape index (κ3) is 3.76. The summed E-state index contributed by atoms with van der Waals surface area (Å²) in [5.41, 5.74) is 1.85. The number of nitrogens with one attached hydrogen (secondary N) is 1. The normalized spacial score (nSPS) is 23.9. The van der Waals surface area contributed by atoms with Crippen LogP contribution < -0.4 is 11.3 Å². The summed E-state index contributed by atoms with van der Waals surface area (Å²) in [6.45, 7) is 9.20. The lowest BCUT2D eigenvalue weighted by Crippen LogP contribution is -2.47. The van der Waals surface area contributed by atoms with Gasteiger partial charge in [0, 0.05) is 6.54 Å². The summed E-state index contributed by atoms with van der Waals surface area (Å²) in [4.78, 5) is 14.0. The molecule has 3 N–H and O–H groups in total. The van der Waals surface area contributed by atoms with Gasteiger partial charge in [-0.3, -0.25) is 10.2 Å². The molecule has 94 valence electrons. The molecule has 1 aliphatic rings. The van der Waals surface area contributed by atoms with Crippen molar-refractivity contribution in [1.82, 2.24) is 10.3 Å². The van der Waals surface area contributed by atoms with E-state index in [9.17, 15) is 4.79 Å². The third-order valence-corrected chi connectivity index (χ3v) is 3.47. The minimum absolute atomic E-state index is 0.0789. The average Bonchev–Trinajstić information content (AvgIpc) is 2.42. The molecule has 0 aromatic carbocycles. The van der Waals surface area contributed by atoms with E-state index >= 15 is 0 Å². The lowest BCUT2D eigenvalue weighted by molar-refractivity contribution is -0.130. The van der Waals surface area contributed by atoms with Crippen LogP contribution >= 0.6 is 0 Å². The van der Waals surface area contributed by atoms with Gasteiger partial charge in [0.2, 0.25) is 5.91 Å². The average molecular weight is 227 g/mol. The van der Waals surface area contributed by atoms with E-state index in [1.54, 1.807) is 0 Å². The first-order valence-corrected chi connectivity index (χ1v) is 6.19. The van der Waals surface area contributed by atoms with Gasteiger partial charge >= 0.3 is 0 Å². The van der Waals surface area contributed by atoms with E-state index in [-0.39, 0.29) is 5.91 Å². The van der Waals surface area contributed by atoms with Crippen molar-refractivity contribution in [2.75, 3.05) is 19.6 Å². The van der Waals surface area contributed by atoms with E-state index in [2.05, 4.69) is 17.2 Å². The predicted octanol–water partition coefficient (Wildman–Crippen LogP) is 1.12. The van der Waals surface area contributed by atoms with Crippen LogP contribution in [0.2, 0.25) is 0 Å². The zero-order valence-electron chi connectivity index (χ0n) is 10.8. The molecule has 16 heavy (non-hydrogen) atoms. The molecule has 1 amide bonds. The van der Waals surface area contributed by atoms with Crippen LogP contribution in [0, 0.1) is 11.3 Å². The lowest BCUT2D eigenvalue weighted by Gasteiger charge is -2.30. The molecular weight excluding hydrogens is 202 g/mol. The Kier molecular flexibility index (Phi) is 4.74. The van der Waals surface area contributed by atoms with Crippen LogP contribution in [-0.4, -0.2) is 30.4 Å². The summed E-state index contributed by atoms with van der Waals surface area (Å²) >= 11 is 0. The Morgan fingerprint density at radius 1 is 1.44 bits per heavy atom. The zero-order valence-corrected chi connectivity index (χ0v) is 10.8. The van der Waals surface area contributed by atoms with E-state index in [1.165, 1.54) is 19.3 Å². The molecule has 1 unspecified atom stereocenters. The quantitative estimate of drug-likeness (QED) is 0.431. The molecule has 1 aliphatic heterocycles. The van der Waals surface area contributed by atoms with Crippen LogP contribution in [0.1, 0.15) is 40.0 Å². The largest absolute Gasteiger partial charge is 0.302 e. The Morgan fingerprint density at radius 3 is 2.75 bits per heavy atom. The SMILES string of the molecule is CC1CCCN(CC(C)(C)C(=O)NN)CC1. The number of hydrazine groups is 1. The fourth-order valence-electron chi connectivity index (χ4n) is 2.31. The fourth-order valence-corrected chi connectivity index (χ4v) is 2.31. The molecule has 1 rings (SSSR count). The molecule has 1 fully saturated rings. The Bertz CT molecular complexity index is 240. The summed E-state index contributed by atoms with van der Waals surface area (Å²) in [6, 6.07) is 0. The second-order valence-electron chi connectivity index (χ2n) is 5.67. The van der Waals surface area contributed by atoms with Crippen molar-refractivity contribution in [3.63, 3.8) is 0 Å². The Morgan fingerprint density at radius 2 is 2.12 bits per heavy atom. The van der Waals surface area contributed by atoms with E-state index in [0.29, 0.717) is 0 Å². The molecule has 0 aromatic rings. The number of hydrogen-bond donors (Lipinski definition) is 2. The number of carbonyl (C=O) groups excluding carboxylic acids is 1. The highest BCUT2D eigenvalue weighted by molar-refractivity contribution is 5.81. The first-order chi connectivity index (χ1) is 7.45. The topological polar surface area (TPSA) is 58.4 Å². The standard InChI is InChI=1S/C12H25N3O/c1-10-5-4-7-15(8-6-10)9-12(2,3)11(16)14-13/h10H,4-9,13H2,1-3H3,(H,14,16). The van der Waals surface area contributed by atoms with E-state index in [0.717, 1.165) is 25.6 Å². The van der Waals surface area contributed by atoms with Crippen molar-refractivity contribution in [2.45, 2.75) is 40.0 Å². The zero-order chi connectivity index (χ0) is 12.2. The fraction of sp³-hybridized carbons (Fsp3) is 0.917. The van der Waals surface area contributed by atoms with Gasteiger partial charge in [0.15, 0.2) is 0 Å². The Balaban J connectivity index is 2.49. The number of hydrogen-bond acceptors (Lipinski definition) is 3. The second kappa shape index (κ2) is 5.64. The van der Waals surface area contributed by atoms with Gasteiger partial charge in [0.05, 0.1) is 5.41 Å². The summed E-state index contributed by atoms with van der Waals surface area (Å²) < 4.78 is 0. The number of carbonyl (C=O) groups is 1. The summed E-state index contributed by atoms with van der Waals surface area (Å²) in [5, 5.41) is 0. The van der Waals surface area contributed by atoms with Crippen LogP contribution in [0.25, 0.3) is 0 Å². The predicted molar refractivity (Wildman–Crippen MR) is 65.6 cm³/mol. The van der Waals surface area contributed by atoms with Crippen LogP contribution in [0.3, 0.4) is 0 Å². The molecule has 0 saturated carbocycles. The highest BCUT2D eigenvalue weighted by atomic mass is 16.2. The number of rotatable bonds is 3. The molecule has 0 aliphatic carbocycles. The van der Waals surface area contributed by atoms with E-state index < -0.39 is 5.41 Å². The van der Waals surface area contributed by atoms with Crippen molar-refractivity contribution in [1.29, 1.82) is 0 Å². The molecule has 0 bridgehead atoms. The van der Waals surface area contributed by atoms with Gasteiger partial charge in [-0.1, -0.05) is 6.92 Å². The van der Waals surface area contributed by atoms with Crippen LogP contribution in [0.5, 0.6) is 0 Å². The maximum absolute atomic E-state index is 11.6. The van der Waals surface area contributed by atoms with Crippen molar-refractivity contribution < 1.29 is 4.79 Å². The number of amides is 1. The first kappa shape index (κ1) is 13.5. The van der Waals surface area contributed by atoms with Gasteiger partial charge < -0.3 is 4.90 Å².